The van der Waals surface area contributed by atoms with Gasteiger partial charge in [0.1, 0.15) is 0 Å². The maximum Gasteiger partial charge on any atom is 0.306 e. The van der Waals surface area contributed by atoms with Crippen molar-refractivity contribution in [3.8, 4) is 0 Å². The maximum atomic E-state index is 13.7. The minimum atomic E-state index is -0.971. The lowest BCUT2D eigenvalue weighted by Gasteiger charge is -2.38. The van der Waals surface area contributed by atoms with Gasteiger partial charge in [-0.3, -0.25) is 19.7 Å². The second kappa shape index (κ2) is 9.01. The van der Waals surface area contributed by atoms with Gasteiger partial charge in [0.15, 0.2) is 0 Å². The van der Waals surface area contributed by atoms with Crippen molar-refractivity contribution in [1.82, 2.24) is 10.3 Å². The number of fused-ring (bicyclic) bond motifs is 1. The summed E-state index contributed by atoms with van der Waals surface area (Å²) in [6.45, 7) is 3.75. The number of halogens is 1. The van der Waals surface area contributed by atoms with Crippen molar-refractivity contribution in [2.75, 3.05) is 30.0 Å². The van der Waals surface area contributed by atoms with Gasteiger partial charge >= 0.3 is 5.69 Å². The number of amides is 2. The van der Waals surface area contributed by atoms with Gasteiger partial charge in [-0.15, -0.1) is 0 Å². The molecular weight excluding hydrogens is 417 g/mol. The molecule has 0 saturated carbocycles. The Hall–Kier alpha value is -3.37. The summed E-state index contributed by atoms with van der Waals surface area (Å²) in [5.41, 5.74) is 3.33. The van der Waals surface area contributed by atoms with Gasteiger partial charge in [-0.25, -0.2) is 10.4 Å². The third-order valence-corrected chi connectivity index (χ3v) is 5.89. The van der Waals surface area contributed by atoms with Crippen molar-refractivity contribution < 1.29 is 18.9 Å². The molecule has 2 fully saturated rings. The van der Waals surface area contributed by atoms with Gasteiger partial charge in [-0.1, -0.05) is 25.1 Å². The van der Waals surface area contributed by atoms with Gasteiger partial charge in [0, 0.05) is 24.8 Å². The molecule has 32 heavy (non-hydrogen) atoms. The molecule has 3 unspecified atom stereocenters. The first kappa shape index (κ1) is 21.8. The molecule has 2 amide bonds. The number of nitro benzene ring substituents is 1. The number of nitrogens with one attached hydrogen (secondary N) is 2. The van der Waals surface area contributed by atoms with Crippen LogP contribution in [0, 0.1) is 27.8 Å². The molecule has 3 atom stereocenters. The van der Waals surface area contributed by atoms with Crippen molar-refractivity contribution in [2.45, 2.75) is 19.4 Å². The molecule has 0 aliphatic carbocycles. The van der Waals surface area contributed by atoms with E-state index in [1.54, 1.807) is 0 Å². The molecule has 0 radical (unpaired) electrons. The van der Waals surface area contributed by atoms with Gasteiger partial charge in [-0.05, 0) is 37.2 Å². The van der Waals surface area contributed by atoms with E-state index in [0.29, 0.717) is 18.8 Å². The van der Waals surface area contributed by atoms with E-state index in [9.17, 15) is 24.1 Å². The number of carbonyl (C=O) groups is 2. The molecule has 2 saturated heterocycles. The normalized spacial score (nSPS) is 23.1. The smallest absolute Gasteiger partial charge is 0.306 e. The Bertz CT molecular complexity index is 1030. The first-order valence-corrected chi connectivity index (χ1v) is 10.5. The lowest BCUT2D eigenvalue weighted by Crippen LogP contribution is -2.56. The van der Waals surface area contributed by atoms with Gasteiger partial charge in [0.25, 0.3) is 0 Å². The summed E-state index contributed by atoms with van der Waals surface area (Å²) in [5.74, 6) is -2.44. The molecule has 2 aromatic rings. The Balaban J connectivity index is 1.58. The van der Waals surface area contributed by atoms with E-state index in [2.05, 4.69) is 15.6 Å². The number of anilines is 2. The molecule has 2 aliphatic rings. The van der Waals surface area contributed by atoms with Crippen molar-refractivity contribution in [3.05, 3.63) is 64.5 Å². The van der Waals surface area contributed by atoms with E-state index in [1.165, 1.54) is 11.1 Å². The van der Waals surface area contributed by atoms with Crippen molar-refractivity contribution in [1.29, 1.82) is 0 Å². The largest absolute Gasteiger partial charge is 0.325 e. The molecule has 2 aromatic carbocycles. The Morgan fingerprint density at radius 1 is 1.25 bits per heavy atom. The summed E-state index contributed by atoms with van der Waals surface area (Å²) in [6, 6.07) is 12.0. The number of nitrogens with zero attached hydrogens (tertiary/aromatic N) is 3. The number of likely N-dealkylation sites (tertiary alicyclic amines) is 1. The Morgan fingerprint density at radius 3 is 2.69 bits per heavy atom. The Kier molecular flexibility index (Phi) is 6.15. The number of hydrazine groups is 1. The van der Waals surface area contributed by atoms with Gasteiger partial charge in [0.05, 0.1) is 28.5 Å². The Labute approximate surface area is 184 Å². The van der Waals surface area contributed by atoms with Crippen LogP contribution in [-0.2, 0) is 9.59 Å². The summed E-state index contributed by atoms with van der Waals surface area (Å²) < 4.78 is 13.7. The first-order chi connectivity index (χ1) is 15.4. The van der Waals surface area contributed by atoms with Crippen LogP contribution in [0.2, 0.25) is 0 Å². The quantitative estimate of drug-likeness (QED) is 0.527. The molecule has 2 aliphatic heterocycles. The van der Waals surface area contributed by atoms with Gasteiger partial charge in [-0.2, -0.15) is 4.39 Å². The predicted molar refractivity (Wildman–Crippen MR) is 116 cm³/mol. The molecule has 168 valence electrons. The van der Waals surface area contributed by atoms with Gasteiger partial charge < -0.3 is 10.2 Å². The minimum Gasteiger partial charge on any atom is -0.325 e. The number of hydrogen-bond acceptors (Lipinski definition) is 6. The number of benzene rings is 2. The average molecular weight is 441 g/mol. The molecule has 0 aromatic heterocycles. The van der Waals surface area contributed by atoms with Crippen LogP contribution in [0.25, 0.3) is 0 Å². The van der Waals surface area contributed by atoms with E-state index in [4.69, 9.17) is 0 Å². The topological polar surface area (TPSA) is 108 Å². The predicted octanol–water partition coefficient (Wildman–Crippen LogP) is 2.55. The van der Waals surface area contributed by atoms with Crippen LogP contribution >= 0.6 is 0 Å². The number of hydrogen-bond donors (Lipinski definition) is 2. The van der Waals surface area contributed by atoms with E-state index in [1.807, 2.05) is 37.3 Å². The van der Waals surface area contributed by atoms with Crippen molar-refractivity contribution in [3.63, 3.8) is 0 Å². The standard InChI is InChI=1S/C22H24FN5O4/c1-2-10-26-12-16(21(29)24-14-8-9-18(23)19(11-14)28(31)32)20-17(13-26)22(30)27(25-20)15-6-4-3-5-7-15/h3-9,11,16-17,20,25H,2,10,12-13H2,1H3,(H,24,29). The zero-order chi connectivity index (χ0) is 22.8. The number of rotatable bonds is 6. The fraction of sp³-hybridized carbons (Fsp3) is 0.364. The summed E-state index contributed by atoms with van der Waals surface area (Å²) in [6.07, 6.45) is 0.875. The highest BCUT2D eigenvalue weighted by Gasteiger charge is 2.50. The van der Waals surface area contributed by atoms with E-state index in [-0.39, 0.29) is 17.5 Å². The average Bonchev–Trinajstić information content (AvgIpc) is 3.11. The summed E-state index contributed by atoms with van der Waals surface area (Å²) >= 11 is 0. The molecule has 0 bridgehead atoms. The maximum absolute atomic E-state index is 13.7. The van der Waals surface area contributed by atoms with Crippen LogP contribution in [0.1, 0.15) is 13.3 Å². The molecular formula is C22H24FN5O4. The van der Waals surface area contributed by atoms with Crippen molar-refractivity contribution >= 4 is 28.9 Å². The Morgan fingerprint density at radius 2 is 2.00 bits per heavy atom. The number of para-hydroxylation sites is 1. The second-order valence-corrected chi connectivity index (χ2v) is 8.05. The third-order valence-electron chi connectivity index (χ3n) is 5.89. The van der Waals surface area contributed by atoms with Crippen LogP contribution in [-0.4, -0.2) is 47.3 Å². The molecule has 4 rings (SSSR count). The number of nitro groups is 1. The van der Waals surface area contributed by atoms with Gasteiger partial charge in [0.2, 0.25) is 17.6 Å². The second-order valence-electron chi connectivity index (χ2n) is 8.05. The summed E-state index contributed by atoms with van der Waals surface area (Å²) in [5, 5.41) is 15.2. The molecule has 10 heteroatoms. The number of carbonyl (C=O) groups excluding carboxylic acids is 2. The molecule has 9 nitrogen and oxygen atoms in total. The monoisotopic (exact) mass is 441 g/mol. The SMILES string of the molecule is CCCN1CC(C(=O)Nc2ccc(F)c([N+](=O)[O-])c2)C2NN(c3ccccc3)C(=O)C2C1. The van der Waals surface area contributed by atoms with Crippen LogP contribution in [0.15, 0.2) is 48.5 Å². The summed E-state index contributed by atoms with van der Waals surface area (Å²) in [7, 11) is 0. The zero-order valence-electron chi connectivity index (χ0n) is 17.5. The lowest BCUT2D eigenvalue weighted by molar-refractivity contribution is -0.387. The van der Waals surface area contributed by atoms with Crippen LogP contribution in [0.5, 0.6) is 0 Å². The van der Waals surface area contributed by atoms with Crippen LogP contribution in [0.3, 0.4) is 0 Å². The highest BCUT2D eigenvalue weighted by Crippen LogP contribution is 2.33. The van der Waals surface area contributed by atoms with E-state index in [0.717, 1.165) is 25.1 Å². The van der Waals surface area contributed by atoms with Crippen LogP contribution in [0.4, 0.5) is 21.5 Å². The summed E-state index contributed by atoms with van der Waals surface area (Å²) in [4.78, 5) is 38.6. The molecule has 2 N–H and O–H groups in total. The molecule has 0 spiro atoms. The van der Waals surface area contributed by atoms with E-state index < -0.39 is 34.3 Å². The third kappa shape index (κ3) is 4.19. The first-order valence-electron chi connectivity index (χ1n) is 10.5. The lowest BCUT2D eigenvalue weighted by atomic mass is 9.84. The fourth-order valence-corrected chi connectivity index (χ4v) is 4.42. The van der Waals surface area contributed by atoms with Crippen LogP contribution < -0.4 is 15.8 Å². The fourth-order valence-electron chi connectivity index (χ4n) is 4.42. The highest BCUT2D eigenvalue weighted by molar-refractivity contribution is 6.00. The number of piperidine rings is 1. The van der Waals surface area contributed by atoms with E-state index >= 15 is 0 Å². The molecule has 2 heterocycles. The minimum absolute atomic E-state index is 0.0998. The zero-order valence-corrected chi connectivity index (χ0v) is 17.5. The van der Waals surface area contributed by atoms with Crippen molar-refractivity contribution in [2.24, 2.45) is 11.8 Å². The highest BCUT2D eigenvalue weighted by atomic mass is 19.1.